The van der Waals surface area contributed by atoms with Gasteiger partial charge in [-0.25, -0.2) is 23.5 Å². The number of sulfonamides is 1. The zero-order valence-electron chi connectivity index (χ0n) is 17.3. The van der Waals surface area contributed by atoms with Crippen LogP contribution >= 0.6 is 0 Å². The largest absolute Gasteiger partial charge is 0.382 e. The fraction of sp³-hybridized carbons (Fsp3) is 0.286. The smallest absolute Gasteiger partial charge is 0.238 e. The van der Waals surface area contributed by atoms with Gasteiger partial charge in [0, 0.05) is 23.0 Å². The number of primary sulfonamides is 1. The third kappa shape index (κ3) is 5.18. The molecule has 3 aromatic rings. The second-order valence-corrected chi connectivity index (χ2v) is 9.01. The van der Waals surface area contributed by atoms with Gasteiger partial charge in [-0.05, 0) is 70.2 Å². The van der Waals surface area contributed by atoms with E-state index >= 15 is 0 Å². The molecular weight excluding hydrogens is 400 g/mol. The number of aryl methyl sites for hydroxylation is 2. The molecule has 1 aromatic carbocycles. The number of nitrogens with zero attached hydrogens (tertiary/aromatic N) is 4. The van der Waals surface area contributed by atoms with Crippen molar-refractivity contribution in [3.63, 3.8) is 0 Å². The lowest BCUT2D eigenvalue weighted by Crippen LogP contribution is -2.14. The molecule has 0 saturated carbocycles. The number of nitrogen functional groups attached to an aromatic ring is 1. The number of hydrogen-bond acceptors (Lipinski definition) is 7. The topological polar surface area (TPSA) is 128 Å². The van der Waals surface area contributed by atoms with Crippen LogP contribution in [-0.2, 0) is 16.4 Å². The number of hydrogen-bond donors (Lipinski definition) is 2. The Morgan fingerprint density at radius 3 is 2.53 bits per heavy atom. The summed E-state index contributed by atoms with van der Waals surface area (Å²) in [5.74, 6) is 0.293. The Morgan fingerprint density at radius 2 is 1.87 bits per heavy atom. The van der Waals surface area contributed by atoms with E-state index in [1.807, 2.05) is 33.2 Å². The fourth-order valence-electron chi connectivity index (χ4n) is 3.21. The molecule has 4 N–H and O–H groups in total. The van der Waals surface area contributed by atoms with E-state index in [2.05, 4.69) is 14.9 Å². The van der Waals surface area contributed by atoms with Crippen LogP contribution in [0.4, 0.5) is 5.82 Å². The number of aromatic nitrogens is 3. The van der Waals surface area contributed by atoms with Crippen LogP contribution < -0.4 is 10.9 Å². The molecule has 8 nitrogen and oxygen atoms in total. The van der Waals surface area contributed by atoms with E-state index in [9.17, 15) is 8.42 Å². The molecule has 0 fully saturated rings. The molecular formula is C21H26N6O2S. The van der Waals surface area contributed by atoms with Crippen LogP contribution in [0.3, 0.4) is 0 Å². The molecule has 3 rings (SSSR count). The first-order valence-electron chi connectivity index (χ1n) is 9.51. The molecule has 0 unspecified atom stereocenters. The highest BCUT2D eigenvalue weighted by atomic mass is 32.2. The van der Waals surface area contributed by atoms with Crippen LogP contribution in [0.15, 0.2) is 47.6 Å². The molecule has 0 spiro atoms. The molecule has 0 saturated heterocycles. The van der Waals surface area contributed by atoms with E-state index < -0.39 is 10.0 Å². The quantitative estimate of drug-likeness (QED) is 0.593. The van der Waals surface area contributed by atoms with Crippen molar-refractivity contribution in [1.29, 1.82) is 0 Å². The van der Waals surface area contributed by atoms with E-state index in [1.165, 1.54) is 6.07 Å². The van der Waals surface area contributed by atoms with E-state index in [1.54, 1.807) is 24.5 Å². The maximum atomic E-state index is 11.9. The fourth-order valence-corrected chi connectivity index (χ4v) is 3.75. The maximum Gasteiger partial charge on any atom is 0.238 e. The second-order valence-electron chi connectivity index (χ2n) is 7.45. The van der Waals surface area contributed by atoms with Crippen LogP contribution in [0.25, 0.3) is 22.5 Å². The molecule has 30 heavy (non-hydrogen) atoms. The summed E-state index contributed by atoms with van der Waals surface area (Å²) < 4.78 is 23.8. The first kappa shape index (κ1) is 21.8. The molecule has 0 atom stereocenters. The van der Waals surface area contributed by atoms with Crippen LogP contribution in [0.1, 0.15) is 17.7 Å². The van der Waals surface area contributed by atoms with Crippen molar-refractivity contribution in [3.8, 4) is 22.5 Å². The van der Waals surface area contributed by atoms with Gasteiger partial charge in [0.25, 0.3) is 0 Å². The highest BCUT2D eigenvalue weighted by molar-refractivity contribution is 7.89. The second kappa shape index (κ2) is 8.86. The van der Waals surface area contributed by atoms with Gasteiger partial charge in [-0.2, -0.15) is 0 Å². The first-order chi connectivity index (χ1) is 14.1. The molecule has 2 aromatic heterocycles. The van der Waals surface area contributed by atoms with Crippen LogP contribution in [0.2, 0.25) is 0 Å². The average Bonchev–Trinajstić information content (AvgIpc) is 2.67. The minimum Gasteiger partial charge on any atom is -0.382 e. The van der Waals surface area contributed by atoms with Crippen molar-refractivity contribution >= 4 is 15.8 Å². The Balaban J connectivity index is 2.11. The predicted octanol–water partition coefficient (Wildman–Crippen LogP) is 2.24. The Morgan fingerprint density at radius 1 is 1.10 bits per heavy atom. The van der Waals surface area contributed by atoms with Gasteiger partial charge in [0.05, 0.1) is 16.8 Å². The normalized spacial score (nSPS) is 11.8. The van der Waals surface area contributed by atoms with E-state index in [4.69, 9.17) is 15.9 Å². The molecule has 2 heterocycles. The number of nitrogens with two attached hydrogens (primary N) is 2. The lowest BCUT2D eigenvalue weighted by atomic mass is 10.00. The Labute approximate surface area is 177 Å². The zero-order valence-corrected chi connectivity index (χ0v) is 18.1. The molecule has 0 aliphatic heterocycles. The van der Waals surface area contributed by atoms with Gasteiger partial charge in [0.2, 0.25) is 10.0 Å². The van der Waals surface area contributed by atoms with Crippen molar-refractivity contribution in [3.05, 3.63) is 54.0 Å². The number of anilines is 1. The molecule has 0 amide bonds. The molecule has 0 bridgehead atoms. The van der Waals surface area contributed by atoms with Crippen molar-refractivity contribution in [2.45, 2.75) is 24.7 Å². The standard InChI is InChI=1S/C21H26N6O2S/c1-14-11-16(8-9-24-14)20-21(22)25-13-19(26-20)18-12-17(30(23,28)29)7-6-15(18)5-4-10-27(2)3/h6-9,11-13H,4-5,10H2,1-3H3,(H2,22,25)(H2,23,28,29). The molecule has 9 heteroatoms. The monoisotopic (exact) mass is 426 g/mol. The van der Waals surface area contributed by atoms with Crippen LogP contribution in [0, 0.1) is 6.92 Å². The van der Waals surface area contributed by atoms with Crippen LogP contribution in [-0.4, -0.2) is 48.9 Å². The van der Waals surface area contributed by atoms with Gasteiger partial charge >= 0.3 is 0 Å². The summed E-state index contributed by atoms with van der Waals surface area (Å²) in [6.45, 7) is 2.79. The van der Waals surface area contributed by atoms with Gasteiger partial charge in [-0.15, -0.1) is 0 Å². The summed E-state index contributed by atoms with van der Waals surface area (Å²) in [4.78, 5) is 15.4. The Bertz CT molecular complexity index is 1160. The van der Waals surface area contributed by atoms with Crippen molar-refractivity contribution in [2.24, 2.45) is 5.14 Å². The van der Waals surface area contributed by atoms with Gasteiger partial charge in [0.15, 0.2) is 0 Å². The Kier molecular flexibility index (Phi) is 6.45. The third-order valence-electron chi connectivity index (χ3n) is 4.71. The zero-order chi connectivity index (χ0) is 21.9. The van der Waals surface area contributed by atoms with E-state index in [-0.39, 0.29) is 4.90 Å². The predicted molar refractivity (Wildman–Crippen MR) is 118 cm³/mol. The van der Waals surface area contributed by atoms with Crippen molar-refractivity contribution in [2.75, 3.05) is 26.4 Å². The molecule has 158 valence electrons. The number of rotatable bonds is 7. The van der Waals surface area contributed by atoms with Gasteiger partial charge < -0.3 is 10.6 Å². The first-order valence-corrected chi connectivity index (χ1v) is 11.1. The van der Waals surface area contributed by atoms with E-state index in [0.29, 0.717) is 22.8 Å². The summed E-state index contributed by atoms with van der Waals surface area (Å²) in [6, 6.07) is 8.57. The van der Waals surface area contributed by atoms with Crippen LogP contribution in [0.5, 0.6) is 0 Å². The lowest BCUT2D eigenvalue weighted by Gasteiger charge is -2.14. The van der Waals surface area contributed by atoms with Gasteiger partial charge in [0.1, 0.15) is 11.5 Å². The number of benzene rings is 1. The van der Waals surface area contributed by atoms with E-state index in [0.717, 1.165) is 36.2 Å². The van der Waals surface area contributed by atoms with Crippen molar-refractivity contribution in [1.82, 2.24) is 19.9 Å². The molecule has 0 radical (unpaired) electrons. The summed E-state index contributed by atoms with van der Waals surface area (Å²) in [5, 5.41) is 5.36. The third-order valence-corrected chi connectivity index (χ3v) is 5.62. The van der Waals surface area contributed by atoms with Gasteiger partial charge in [-0.3, -0.25) is 4.98 Å². The Hall–Kier alpha value is -2.88. The van der Waals surface area contributed by atoms with Crippen molar-refractivity contribution < 1.29 is 8.42 Å². The minimum absolute atomic E-state index is 0.0359. The SMILES string of the molecule is Cc1cc(-c2nc(-c3cc(S(N)(=O)=O)ccc3CCCN(C)C)cnc2N)ccn1. The summed E-state index contributed by atoms with van der Waals surface area (Å²) in [5.41, 5.74) is 10.4. The maximum absolute atomic E-state index is 11.9. The highest BCUT2D eigenvalue weighted by Crippen LogP contribution is 2.30. The lowest BCUT2D eigenvalue weighted by molar-refractivity contribution is 0.400. The number of pyridine rings is 1. The van der Waals surface area contributed by atoms with Gasteiger partial charge in [-0.1, -0.05) is 6.07 Å². The average molecular weight is 427 g/mol. The minimum atomic E-state index is -3.85. The highest BCUT2D eigenvalue weighted by Gasteiger charge is 2.16. The molecule has 0 aliphatic carbocycles. The summed E-state index contributed by atoms with van der Waals surface area (Å²) >= 11 is 0. The summed E-state index contributed by atoms with van der Waals surface area (Å²) in [6.07, 6.45) is 4.92. The summed E-state index contributed by atoms with van der Waals surface area (Å²) in [7, 11) is 0.177. The molecule has 0 aliphatic rings.